The Balaban J connectivity index is 2.22. The van der Waals surface area contributed by atoms with Gasteiger partial charge in [-0.05, 0) is 37.0 Å². The molecule has 0 aromatic carbocycles. The molecule has 2 aliphatic carbocycles. The molecule has 0 unspecified atom stereocenters. The fourth-order valence-corrected chi connectivity index (χ4v) is 6.87. The number of unbranched alkanes of at least 4 members (excludes halogenated alkanes) is 2. The Labute approximate surface area is 142 Å². The average Bonchev–Trinajstić information content (AvgIpc) is 2.80. The molecule has 4 nitrogen and oxygen atoms in total. The number of sulfonamides is 1. The highest BCUT2D eigenvalue weighted by atomic mass is 32.2. The van der Waals surface area contributed by atoms with E-state index in [9.17, 15) is 13.2 Å². The van der Waals surface area contributed by atoms with Crippen LogP contribution < -0.4 is 0 Å². The number of hydrogen-bond donors (Lipinski definition) is 0. The van der Waals surface area contributed by atoms with Crippen molar-refractivity contribution in [2.45, 2.75) is 72.6 Å². The molecule has 0 N–H and O–H groups in total. The Bertz CT molecular complexity index is 532. The molecule has 0 aliphatic heterocycles. The number of carbonyl (C=O) groups excluding carboxylic acids is 1. The minimum Gasteiger partial charge on any atom is -0.299 e. The summed E-state index contributed by atoms with van der Waals surface area (Å²) >= 11 is 0. The van der Waals surface area contributed by atoms with Gasteiger partial charge in [-0.15, -0.1) is 0 Å². The summed E-state index contributed by atoms with van der Waals surface area (Å²) in [5.74, 6) is 0.577. The Kier molecular flexibility index (Phi) is 5.62. The van der Waals surface area contributed by atoms with Crippen molar-refractivity contribution in [1.29, 1.82) is 0 Å². The standard InChI is InChI=1S/C18H33NO3S/c1-5-7-11-19(12-8-6-2)23(21,22)14-18-10-9-15(13-16(18)20)17(18,3)4/h15H,5-14H2,1-4H3/t15-,18-/m1/s1. The third-order valence-electron chi connectivity index (χ3n) is 6.48. The number of carbonyl (C=O) groups is 1. The van der Waals surface area contributed by atoms with Crippen LogP contribution in [0.4, 0.5) is 0 Å². The normalized spacial score (nSPS) is 29.6. The van der Waals surface area contributed by atoms with Crippen LogP contribution >= 0.6 is 0 Å². The van der Waals surface area contributed by atoms with Crippen LogP contribution in [0.3, 0.4) is 0 Å². The van der Waals surface area contributed by atoms with Gasteiger partial charge in [-0.1, -0.05) is 40.5 Å². The summed E-state index contributed by atoms with van der Waals surface area (Å²) in [6, 6.07) is 0. The minimum atomic E-state index is -3.39. The second-order valence-corrected chi connectivity index (χ2v) is 10.00. The van der Waals surface area contributed by atoms with E-state index in [1.54, 1.807) is 4.31 Å². The highest BCUT2D eigenvalue weighted by Crippen LogP contribution is 2.64. The van der Waals surface area contributed by atoms with Gasteiger partial charge in [0.25, 0.3) is 0 Å². The first kappa shape index (κ1) is 18.9. The van der Waals surface area contributed by atoms with Crippen molar-refractivity contribution in [1.82, 2.24) is 4.31 Å². The molecule has 2 atom stereocenters. The Morgan fingerprint density at radius 2 is 1.70 bits per heavy atom. The van der Waals surface area contributed by atoms with E-state index in [2.05, 4.69) is 27.7 Å². The second kappa shape index (κ2) is 6.83. The zero-order valence-electron chi connectivity index (χ0n) is 15.2. The molecule has 5 heteroatoms. The van der Waals surface area contributed by atoms with Crippen molar-refractivity contribution in [2.75, 3.05) is 18.8 Å². The van der Waals surface area contributed by atoms with Crippen molar-refractivity contribution in [3.05, 3.63) is 0 Å². The highest BCUT2D eigenvalue weighted by molar-refractivity contribution is 7.89. The molecule has 2 aliphatic rings. The number of Topliss-reactive ketones (excluding diaryl/α,β-unsaturated/α-hetero) is 1. The van der Waals surface area contributed by atoms with Gasteiger partial charge in [0.15, 0.2) is 0 Å². The third-order valence-corrected chi connectivity index (χ3v) is 8.49. The van der Waals surface area contributed by atoms with E-state index >= 15 is 0 Å². The third kappa shape index (κ3) is 3.23. The van der Waals surface area contributed by atoms with Gasteiger partial charge in [-0.2, -0.15) is 0 Å². The topological polar surface area (TPSA) is 54.5 Å². The lowest BCUT2D eigenvalue weighted by Crippen LogP contribution is -2.47. The lowest BCUT2D eigenvalue weighted by Gasteiger charge is -2.37. The van der Waals surface area contributed by atoms with E-state index in [1.807, 2.05) is 0 Å². The number of ketones is 1. The van der Waals surface area contributed by atoms with E-state index in [4.69, 9.17) is 0 Å². The summed E-state index contributed by atoms with van der Waals surface area (Å²) < 4.78 is 27.8. The molecule has 0 radical (unpaired) electrons. The molecule has 2 rings (SSSR count). The van der Waals surface area contributed by atoms with Gasteiger partial charge in [0.05, 0.1) is 5.75 Å². The maximum atomic E-state index is 13.1. The van der Waals surface area contributed by atoms with Gasteiger partial charge in [-0.3, -0.25) is 4.79 Å². The summed E-state index contributed by atoms with van der Waals surface area (Å²) in [6.07, 6.45) is 6.06. The largest absolute Gasteiger partial charge is 0.299 e. The minimum absolute atomic E-state index is 0.0236. The van der Waals surface area contributed by atoms with Crippen molar-refractivity contribution in [3.8, 4) is 0 Å². The van der Waals surface area contributed by atoms with Gasteiger partial charge in [0, 0.05) is 24.9 Å². The molecule has 2 bridgehead atoms. The molecule has 2 saturated carbocycles. The molecule has 134 valence electrons. The van der Waals surface area contributed by atoms with Crippen molar-refractivity contribution in [3.63, 3.8) is 0 Å². The fourth-order valence-electron chi connectivity index (χ4n) is 4.57. The van der Waals surface area contributed by atoms with E-state index in [1.165, 1.54) is 0 Å². The Morgan fingerprint density at radius 1 is 1.13 bits per heavy atom. The molecular weight excluding hydrogens is 310 g/mol. The van der Waals surface area contributed by atoms with Crippen LogP contribution in [0.5, 0.6) is 0 Å². The number of fused-ring (bicyclic) bond motifs is 2. The summed E-state index contributed by atoms with van der Waals surface area (Å²) in [5.41, 5.74) is -0.828. The predicted molar refractivity (Wildman–Crippen MR) is 93.7 cm³/mol. The van der Waals surface area contributed by atoms with Crippen LogP contribution in [-0.4, -0.2) is 37.3 Å². The first-order valence-electron chi connectivity index (χ1n) is 9.22. The van der Waals surface area contributed by atoms with Gasteiger partial charge in [0.2, 0.25) is 10.0 Å². The van der Waals surface area contributed by atoms with E-state index in [-0.39, 0.29) is 17.0 Å². The average molecular weight is 344 g/mol. The fraction of sp³-hybridized carbons (Fsp3) is 0.944. The molecule has 0 aromatic rings. The van der Waals surface area contributed by atoms with E-state index in [0.717, 1.165) is 38.5 Å². The lowest BCUT2D eigenvalue weighted by atomic mass is 9.70. The molecule has 0 heterocycles. The summed E-state index contributed by atoms with van der Waals surface area (Å²) in [7, 11) is -3.39. The Morgan fingerprint density at radius 3 is 2.09 bits per heavy atom. The number of rotatable bonds is 9. The molecule has 23 heavy (non-hydrogen) atoms. The van der Waals surface area contributed by atoms with E-state index in [0.29, 0.717) is 25.4 Å². The van der Waals surface area contributed by atoms with Gasteiger partial charge < -0.3 is 0 Å². The summed E-state index contributed by atoms with van der Waals surface area (Å²) in [4.78, 5) is 12.6. The number of hydrogen-bond acceptors (Lipinski definition) is 3. The van der Waals surface area contributed by atoms with Crippen LogP contribution in [0.1, 0.15) is 72.6 Å². The lowest BCUT2D eigenvalue weighted by molar-refractivity contribution is -0.128. The summed E-state index contributed by atoms with van der Waals surface area (Å²) in [6.45, 7) is 9.55. The zero-order chi connectivity index (χ0) is 17.3. The second-order valence-electron chi connectivity index (χ2n) is 8.03. The highest BCUT2D eigenvalue weighted by Gasteiger charge is 2.65. The maximum absolute atomic E-state index is 13.1. The zero-order valence-corrected chi connectivity index (χ0v) is 16.0. The SMILES string of the molecule is CCCCN(CCCC)S(=O)(=O)C[C@]12CC[C@H](CC1=O)C2(C)C. The van der Waals surface area contributed by atoms with Crippen LogP contribution in [0.15, 0.2) is 0 Å². The molecule has 0 aromatic heterocycles. The van der Waals surface area contributed by atoms with Gasteiger partial charge >= 0.3 is 0 Å². The molecule has 0 saturated heterocycles. The molecular formula is C18H33NO3S. The van der Waals surface area contributed by atoms with Crippen LogP contribution in [0.2, 0.25) is 0 Å². The van der Waals surface area contributed by atoms with Crippen molar-refractivity contribution < 1.29 is 13.2 Å². The van der Waals surface area contributed by atoms with E-state index < -0.39 is 15.4 Å². The van der Waals surface area contributed by atoms with Crippen LogP contribution in [-0.2, 0) is 14.8 Å². The quantitative estimate of drug-likeness (QED) is 0.642. The smallest absolute Gasteiger partial charge is 0.215 e. The first-order valence-corrected chi connectivity index (χ1v) is 10.8. The van der Waals surface area contributed by atoms with Crippen molar-refractivity contribution >= 4 is 15.8 Å². The Hall–Kier alpha value is -0.420. The van der Waals surface area contributed by atoms with Crippen LogP contribution in [0.25, 0.3) is 0 Å². The van der Waals surface area contributed by atoms with Gasteiger partial charge in [-0.25, -0.2) is 12.7 Å². The molecule has 0 amide bonds. The van der Waals surface area contributed by atoms with Crippen molar-refractivity contribution in [2.24, 2.45) is 16.7 Å². The number of nitrogens with zero attached hydrogens (tertiary/aromatic N) is 1. The predicted octanol–water partition coefficient (Wildman–Crippen LogP) is 3.61. The van der Waals surface area contributed by atoms with Crippen LogP contribution in [0, 0.1) is 16.7 Å². The van der Waals surface area contributed by atoms with Gasteiger partial charge in [0.1, 0.15) is 5.78 Å². The first-order chi connectivity index (χ1) is 10.7. The molecule has 0 spiro atoms. The monoisotopic (exact) mass is 343 g/mol. The molecule has 2 fully saturated rings. The summed E-state index contributed by atoms with van der Waals surface area (Å²) in [5, 5.41) is 0. The maximum Gasteiger partial charge on any atom is 0.215 e.